The number of aromatic nitrogens is 1. The van der Waals surface area contributed by atoms with E-state index < -0.39 is 0 Å². The van der Waals surface area contributed by atoms with Crippen molar-refractivity contribution < 1.29 is 15.3 Å². The number of nitrogens with zero attached hydrogens (tertiary/aromatic N) is 1. The molecule has 0 saturated heterocycles. The minimum Gasteiger partial charge on any atom is -0.508 e. The molecule has 0 aromatic carbocycles. The summed E-state index contributed by atoms with van der Waals surface area (Å²) >= 11 is 0. The van der Waals surface area contributed by atoms with Crippen molar-refractivity contribution in [1.82, 2.24) is 4.98 Å². The van der Waals surface area contributed by atoms with Gasteiger partial charge in [0.2, 0.25) is 5.88 Å². The van der Waals surface area contributed by atoms with Gasteiger partial charge in [-0.15, -0.1) is 0 Å². The van der Waals surface area contributed by atoms with Crippen LogP contribution in [0.25, 0.3) is 0 Å². The number of aromatic hydroxyl groups is 2. The van der Waals surface area contributed by atoms with E-state index in [0.717, 1.165) is 6.07 Å². The van der Waals surface area contributed by atoms with E-state index in [1.807, 2.05) is 0 Å². The molecule has 0 unspecified atom stereocenters. The number of hydrogen-bond donors (Lipinski definition) is 3. The standard InChI is InChI=1S/C7H9NO3/c9-2-1-5-3-6(10)4-7(11)8-5/h3-4,9H,1-2H2,(H2,8,10,11). The summed E-state index contributed by atoms with van der Waals surface area (Å²) in [6, 6.07) is 2.54. The third-order valence-corrected chi connectivity index (χ3v) is 1.22. The average Bonchev–Trinajstić information content (AvgIpc) is 1.85. The lowest BCUT2D eigenvalue weighted by molar-refractivity contribution is 0.297. The third-order valence-electron chi connectivity index (χ3n) is 1.22. The zero-order valence-electron chi connectivity index (χ0n) is 5.86. The minimum absolute atomic E-state index is 0.0408. The van der Waals surface area contributed by atoms with Gasteiger partial charge in [-0.1, -0.05) is 0 Å². The highest BCUT2D eigenvalue weighted by Gasteiger charge is 1.98. The predicted molar refractivity (Wildman–Crippen MR) is 38.4 cm³/mol. The Labute approximate surface area is 63.8 Å². The Kier molecular flexibility index (Phi) is 2.28. The van der Waals surface area contributed by atoms with Crippen LogP contribution in [0.2, 0.25) is 0 Å². The van der Waals surface area contributed by atoms with Crippen LogP contribution in [0.15, 0.2) is 12.1 Å². The Balaban J connectivity index is 2.89. The summed E-state index contributed by atoms with van der Waals surface area (Å²) < 4.78 is 0. The molecule has 1 rings (SSSR count). The second-order valence-electron chi connectivity index (χ2n) is 2.15. The Morgan fingerprint density at radius 1 is 1.27 bits per heavy atom. The van der Waals surface area contributed by atoms with Crippen LogP contribution in [0.4, 0.5) is 0 Å². The number of rotatable bonds is 2. The number of hydrogen-bond acceptors (Lipinski definition) is 4. The monoisotopic (exact) mass is 155 g/mol. The van der Waals surface area contributed by atoms with Crippen molar-refractivity contribution in [2.24, 2.45) is 0 Å². The zero-order valence-corrected chi connectivity index (χ0v) is 5.86. The number of aliphatic hydroxyl groups is 1. The van der Waals surface area contributed by atoms with E-state index in [1.165, 1.54) is 6.07 Å². The molecule has 0 aliphatic carbocycles. The second kappa shape index (κ2) is 3.21. The van der Waals surface area contributed by atoms with Gasteiger partial charge in [-0.3, -0.25) is 0 Å². The molecular formula is C7H9NO3. The highest BCUT2D eigenvalue weighted by Crippen LogP contribution is 2.16. The van der Waals surface area contributed by atoms with Gasteiger partial charge < -0.3 is 15.3 Å². The molecule has 0 atom stereocenters. The summed E-state index contributed by atoms with van der Waals surface area (Å²) in [5.41, 5.74) is 0.477. The Bertz CT molecular complexity index is 229. The molecule has 1 aromatic heterocycles. The summed E-state index contributed by atoms with van der Waals surface area (Å²) in [5.74, 6) is -0.269. The predicted octanol–water partition coefficient (Wildman–Crippen LogP) is 0.0276. The van der Waals surface area contributed by atoms with Gasteiger partial charge in [0.15, 0.2) is 0 Å². The van der Waals surface area contributed by atoms with Gasteiger partial charge in [0.05, 0.1) is 5.69 Å². The van der Waals surface area contributed by atoms with E-state index >= 15 is 0 Å². The molecule has 60 valence electrons. The fourth-order valence-electron chi connectivity index (χ4n) is 0.799. The van der Waals surface area contributed by atoms with E-state index in [4.69, 9.17) is 15.3 Å². The van der Waals surface area contributed by atoms with Crippen molar-refractivity contribution >= 4 is 0 Å². The number of pyridine rings is 1. The zero-order chi connectivity index (χ0) is 8.27. The lowest BCUT2D eigenvalue weighted by Crippen LogP contribution is -1.93. The molecule has 4 heteroatoms. The van der Waals surface area contributed by atoms with Crippen LogP contribution in [-0.4, -0.2) is 26.9 Å². The molecule has 11 heavy (non-hydrogen) atoms. The van der Waals surface area contributed by atoms with Crippen LogP contribution in [0.3, 0.4) is 0 Å². The van der Waals surface area contributed by atoms with Crippen molar-refractivity contribution in [3.8, 4) is 11.6 Å². The molecule has 0 bridgehead atoms. The van der Waals surface area contributed by atoms with Crippen molar-refractivity contribution in [3.05, 3.63) is 17.8 Å². The molecule has 1 heterocycles. The van der Waals surface area contributed by atoms with Gasteiger partial charge in [0, 0.05) is 25.2 Å². The lowest BCUT2D eigenvalue weighted by atomic mass is 10.3. The molecule has 4 nitrogen and oxygen atoms in total. The SMILES string of the molecule is OCCc1cc(O)cc(O)n1. The fraction of sp³-hybridized carbons (Fsp3) is 0.286. The van der Waals surface area contributed by atoms with Gasteiger partial charge in [0.1, 0.15) is 5.75 Å². The smallest absolute Gasteiger partial charge is 0.214 e. The van der Waals surface area contributed by atoms with Crippen LogP contribution < -0.4 is 0 Å². The third kappa shape index (κ3) is 2.09. The van der Waals surface area contributed by atoms with Gasteiger partial charge in [0.25, 0.3) is 0 Å². The van der Waals surface area contributed by atoms with E-state index in [-0.39, 0.29) is 18.2 Å². The van der Waals surface area contributed by atoms with Gasteiger partial charge in [-0.25, -0.2) is 4.98 Å². The van der Waals surface area contributed by atoms with Crippen molar-refractivity contribution in [2.75, 3.05) is 6.61 Å². The summed E-state index contributed by atoms with van der Waals surface area (Å²) in [4.78, 5) is 3.66. The van der Waals surface area contributed by atoms with Crippen molar-refractivity contribution in [2.45, 2.75) is 6.42 Å². The Hall–Kier alpha value is -1.29. The molecule has 3 N–H and O–H groups in total. The average molecular weight is 155 g/mol. The summed E-state index contributed by atoms with van der Waals surface area (Å²) in [7, 11) is 0. The van der Waals surface area contributed by atoms with Crippen LogP contribution >= 0.6 is 0 Å². The van der Waals surface area contributed by atoms with Crippen molar-refractivity contribution in [1.29, 1.82) is 0 Å². The molecular weight excluding hydrogens is 146 g/mol. The van der Waals surface area contributed by atoms with Crippen LogP contribution in [0.1, 0.15) is 5.69 Å². The summed E-state index contributed by atoms with van der Waals surface area (Å²) in [5, 5.41) is 26.3. The van der Waals surface area contributed by atoms with E-state index in [0.29, 0.717) is 12.1 Å². The molecule has 0 fully saturated rings. The Morgan fingerprint density at radius 2 is 2.00 bits per heavy atom. The molecule has 0 amide bonds. The topological polar surface area (TPSA) is 73.6 Å². The minimum atomic E-state index is -0.228. The maximum atomic E-state index is 8.94. The maximum absolute atomic E-state index is 8.94. The van der Waals surface area contributed by atoms with E-state index in [9.17, 15) is 0 Å². The highest BCUT2D eigenvalue weighted by atomic mass is 16.3. The number of aliphatic hydroxyl groups excluding tert-OH is 1. The first kappa shape index (κ1) is 7.81. The van der Waals surface area contributed by atoms with Gasteiger partial charge in [-0.05, 0) is 0 Å². The lowest BCUT2D eigenvalue weighted by Gasteiger charge is -1.98. The molecule has 0 saturated carbocycles. The molecule has 0 radical (unpaired) electrons. The van der Waals surface area contributed by atoms with E-state index in [2.05, 4.69) is 4.98 Å². The Morgan fingerprint density at radius 3 is 2.55 bits per heavy atom. The van der Waals surface area contributed by atoms with Crippen LogP contribution in [0, 0.1) is 0 Å². The normalized spacial score (nSPS) is 9.91. The summed E-state index contributed by atoms with van der Waals surface area (Å²) in [6.45, 7) is -0.0457. The molecule has 1 aromatic rings. The maximum Gasteiger partial charge on any atom is 0.214 e. The quantitative estimate of drug-likeness (QED) is 0.563. The first-order valence-electron chi connectivity index (χ1n) is 3.22. The van der Waals surface area contributed by atoms with Crippen LogP contribution in [-0.2, 0) is 6.42 Å². The first-order valence-corrected chi connectivity index (χ1v) is 3.22. The summed E-state index contributed by atoms with van der Waals surface area (Å²) in [6.07, 6.45) is 0.335. The molecule has 0 aliphatic rings. The van der Waals surface area contributed by atoms with E-state index in [1.54, 1.807) is 0 Å². The van der Waals surface area contributed by atoms with Gasteiger partial charge in [-0.2, -0.15) is 0 Å². The first-order chi connectivity index (χ1) is 5.22. The second-order valence-corrected chi connectivity index (χ2v) is 2.15. The highest BCUT2D eigenvalue weighted by molar-refractivity contribution is 5.28. The van der Waals surface area contributed by atoms with Crippen molar-refractivity contribution in [3.63, 3.8) is 0 Å². The fourth-order valence-corrected chi connectivity index (χ4v) is 0.799. The molecule has 0 spiro atoms. The van der Waals surface area contributed by atoms with Crippen LogP contribution in [0.5, 0.6) is 11.6 Å². The largest absolute Gasteiger partial charge is 0.508 e. The molecule has 0 aliphatic heterocycles. The van der Waals surface area contributed by atoms with Gasteiger partial charge >= 0.3 is 0 Å².